The molecule has 0 aromatic carbocycles. The topological polar surface area (TPSA) is 371 Å². The molecule has 6 atom stereocenters. The van der Waals surface area contributed by atoms with E-state index in [1.165, 1.54) is 40.2 Å². The number of hydrogen-bond donors (Lipinski definition) is 8. The fraction of sp³-hybridized carbons (Fsp3) is 0.856. The maximum Gasteiger partial charge on any atom is 0.317 e. The number of carboxylic acid groups (broad SMARTS) is 3. The van der Waals surface area contributed by atoms with E-state index in [0.717, 1.165) is 17.2 Å². The number of aliphatic carboxylic acids is 3. The summed E-state index contributed by atoms with van der Waals surface area (Å²) >= 11 is 8.11. The molecule has 2 saturated heterocycles. The van der Waals surface area contributed by atoms with Gasteiger partial charge in [0.05, 0.1) is 34.5 Å². The van der Waals surface area contributed by atoms with Gasteiger partial charge in [-0.25, -0.2) is 0 Å². The Labute approximate surface area is 793 Å². The number of nitrogens with one attached hydrogen (secondary N) is 5. The molecule has 25 nitrogen and oxygen atoms in total. The van der Waals surface area contributed by atoms with E-state index in [-0.39, 0.29) is 169 Å². The van der Waals surface area contributed by atoms with Crippen molar-refractivity contribution in [3.63, 3.8) is 0 Å². The van der Waals surface area contributed by atoms with E-state index in [1.54, 1.807) is 11.8 Å². The van der Waals surface area contributed by atoms with Crippen molar-refractivity contribution in [2.24, 2.45) is 44.6 Å². The van der Waals surface area contributed by atoms with Crippen LogP contribution >= 0.6 is 58.8 Å². The summed E-state index contributed by atoms with van der Waals surface area (Å²) in [4.78, 5) is 159. The Hall–Kier alpha value is -5.07. The molecule has 0 spiro atoms. The Morgan fingerprint density at radius 3 is 0.976 bits per heavy atom. The quantitative estimate of drug-likeness (QED) is 0.0319. The van der Waals surface area contributed by atoms with E-state index in [2.05, 4.69) is 94.1 Å². The molecule has 0 saturated carbocycles. The van der Waals surface area contributed by atoms with Crippen molar-refractivity contribution < 1.29 is 82.5 Å². The van der Waals surface area contributed by atoms with Gasteiger partial charge in [0.25, 0.3) is 0 Å². The van der Waals surface area contributed by atoms with E-state index in [9.17, 15) is 62.3 Å². The molecule has 8 N–H and O–H groups in total. The zero-order valence-electron chi connectivity index (χ0n) is 89.6. The molecular formula is C97H186N8O17S5. The maximum absolute atomic E-state index is 12.1. The molecule has 6 unspecified atom stereocenters. The van der Waals surface area contributed by atoms with Gasteiger partial charge in [0.1, 0.15) is 16.6 Å². The molecule has 127 heavy (non-hydrogen) atoms. The van der Waals surface area contributed by atoms with Gasteiger partial charge in [-0.1, -0.05) is 192 Å². The first-order valence-electron chi connectivity index (χ1n) is 44.2. The Balaban J connectivity index is -0.000000330. The summed E-state index contributed by atoms with van der Waals surface area (Å²) in [7, 11) is 0. The second-order valence-corrected chi connectivity index (χ2v) is 59.8. The van der Waals surface area contributed by atoms with Crippen molar-refractivity contribution in [1.29, 1.82) is 0 Å². The van der Waals surface area contributed by atoms with Gasteiger partial charge < -0.3 is 51.5 Å². The molecule has 2 rings (SSSR count). The maximum atomic E-state index is 12.1. The van der Waals surface area contributed by atoms with Crippen LogP contribution in [0, 0.1) is 39.4 Å². The van der Waals surface area contributed by atoms with Crippen molar-refractivity contribution in [3.8, 4) is 0 Å². The zero-order valence-corrected chi connectivity index (χ0v) is 93.6. The van der Waals surface area contributed by atoms with E-state index in [0.29, 0.717) is 19.3 Å². The number of thioether (sulfide) groups is 5. The zero-order chi connectivity index (χ0) is 103. The summed E-state index contributed by atoms with van der Waals surface area (Å²) in [6, 6.07) is 0. The van der Waals surface area contributed by atoms with Crippen LogP contribution in [-0.2, 0) is 67.2 Å². The molecule has 0 aliphatic carbocycles. The molecule has 2 heterocycles. The number of amides is 9. The minimum atomic E-state index is -0.948. The average molecular weight is 1900 g/mol. The molecule has 2 fully saturated rings. The fourth-order valence-electron chi connectivity index (χ4n) is 10.7. The van der Waals surface area contributed by atoms with Gasteiger partial charge in [-0.2, -0.15) is 0 Å². The lowest BCUT2D eigenvalue weighted by atomic mass is 9.77. The molecule has 0 radical (unpaired) electrons. The fourth-order valence-corrected chi connectivity index (χ4v) is 16.0. The van der Waals surface area contributed by atoms with Crippen molar-refractivity contribution in [2.45, 2.75) is 482 Å². The predicted molar refractivity (Wildman–Crippen MR) is 538 cm³/mol. The number of carbonyl (C=O) groups is 13. The molecule has 9 amide bonds. The van der Waals surface area contributed by atoms with Crippen molar-refractivity contribution in [3.05, 3.63) is 0 Å². The van der Waals surface area contributed by atoms with Gasteiger partial charge in [-0.3, -0.25) is 67.3 Å². The normalized spacial score (nSPS) is 16.3. The minimum absolute atomic E-state index is 0.00843. The Morgan fingerprint density at radius 2 is 0.732 bits per heavy atom. The summed E-state index contributed by atoms with van der Waals surface area (Å²) in [6.07, 6.45) is 0.900. The van der Waals surface area contributed by atoms with Gasteiger partial charge in [0, 0.05) is 117 Å². The Morgan fingerprint density at radius 1 is 0.394 bits per heavy atom. The van der Waals surface area contributed by atoms with Crippen LogP contribution in [0.25, 0.3) is 0 Å². The molecular weight excluding hydrogens is 1710 g/mol. The standard InChI is InChI=1S/C15H31NOS2.C13H25NO2.2C12H23NO3S.C12H23NO3.C12H21NO2S.C12H21NO2.C9H19NO/c1-13(2,3)17-16-12(10-18-14(4,5)6)11-19-15(7,8)9;1-9(15)8-10(12(2,3)4)11(16)14-13(5,6)7;1-11(2,3)13-10(16)8(7-9(14)15)17-12(4,5)6;1-11(2,3)13-9(14)7-8(10(15)16)17-12(4,5)6;1-11(2,3)8(10(15)16)7-9(14)13-12(4,5)6;1-11(2,3)13-9(14)7-8(10(13)15)16-12(4,5)6;1-11(2,3)8-7-9(14)13(10(8)15)12(4,5)6;1-8(2,3)7(11)10-9(4,5)6/h10-11H2,1-9H3;10H,8H2,1-7H3,(H,14,16);8H,7H2,1-6H3,(H,13,16)(H,14,15);8H,7H2,1-6H3,(H,13,14)(H,15,16);8H,7H2,1-6H3,(H,13,14)(H,15,16);8H,7H2,1-6H3;8H,7H2,1-6H3;1-6H3,(H,10,11). The highest BCUT2D eigenvalue weighted by Gasteiger charge is 2.49. The van der Waals surface area contributed by atoms with E-state index in [4.69, 9.17) is 20.2 Å². The minimum Gasteiger partial charge on any atom is -0.481 e. The first-order chi connectivity index (χ1) is 55.2. The third-order valence-electron chi connectivity index (χ3n) is 16.0. The summed E-state index contributed by atoms with van der Waals surface area (Å²) in [6.45, 7) is 102. The summed E-state index contributed by atoms with van der Waals surface area (Å²) < 4.78 is 0.207. The smallest absolute Gasteiger partial charge is 0.317 e. The largest absolute Gasteiger partial charge is 0.481 e. The van der Waals surface area contributed by atoms with Crippen LogP contribution in [0.15, 0.2) is 5.16 Å². The second-order valence-electron chi connectivity index (χ2n) is 50.1. The number of imide groups is 2. The van der Waals surface area contributed by atoms with Gasteiger partial charge in [-0.05, 0) is 189 Å². The first kappa shape index (κ1) is 133. The third-order valence-corrected chi connectivity index (χ3v) is 22.8. The molecule has 746 valence electrons. The van der Waals surface area contributed by atoms with Crippen molar-refractivity contribution >= 4 is 141 Å². The van der Waals surface area contributed by atoms with E-state index < -0.39 is 50.8 Å². The number of oxime groups is 1. The molecule has 0 aromatic rings. The summed E-state index contributed by atoms with van der Waals surface area (Å²) in [5.74, 6) is -2.65. The number of rotatable bonds is 20. The monoisotopic (exact) mass is 1900 g/mol. The van der Waals surface area contributed by atoms with Gasteiger partial charge in [0.15, 0.2) is 0 Å². The Kier molecular flexibility index (Phi) is 54.3. The van der Waals surface area contributed by atoms with Crippen LogP contribution in [-0.4, -0.2) is 203 Å². The SMILES string of the molecule is CC(=O)CC(C(=O)NC(C)(C)C)C(C)(C)C.CC(C)(C)C1CC(=O)N(C(C)(C)C)C1=O.CC(C)(C)NC(=O)C(C)(C)C.CC(C)(C)NC(=O)C(CC(=O)O)SC(C)(C)C.CC(C)(C)NC(=O)CC(C(=O)O)C(C)(C)C.CC(C)(C)NC(=O)CC(SC(C)(C)C)C(=O)O.CC(C)(C)ON=C(CSC(C)(C)C)CSC(C)(C)C.CC(C)(C)SC1CC(=O)N(C(C)(C)C)C1=O. The molecule has 0 bridgehead atoms. The Bertz CT molecular complexity index is 3530. The second kappa shape index (κ2) is 52.0. The molecule has 0 aromatic heterocycles. The average Bonchev–Trinajstić information content (AvgIpc) is 1.64. The first-order valence-corrected chi connectivity index (χ1v) is 48.8. The van der Waals surface area contributed by atoms with Crippen molar-refractivity contribution in [1.82, 2.24) is 36.4 Å². The van der Waals surface area contributed by atoms with Gasteiger partial charge >= 0.3 is 17.9 Å². The number of carboxylic acids is 3. The molecule has 30 heteroatoms. The molecule has 2 aliphatic heterocycles. The van der Waals surface area contributed by atoms with Crippen LogP contribution in [0.4, 0.5) is 0 Å². The van der Waals surface area contributed by atoms with Gasteiger partial charge in [0.2, 0.25) is 53.2 Å². The third kappa shape index (κ3) is 73.1. The lowest BCUT2D eigenvalue weighted by molar-refractivity contribution is -0.148. The van der Waals surface area contributed by atoms with Gasteiger partial charge in [-0.15, -0.1) is 58.8 Å². The van der Waals surface area contributed by atoms with Crippen molar-refractivity contribution in [2.75, 3.05) is 11.5 Å². The van der Waals surface area contributed by atoms with Crippen LogP contribution < -0.4 is 26.6 Å². The summed E-state index contributed by atoms with van der Waals surface area (Å²) in [5.41, 5.74) is -2.27. The van der Waals surface area contributed by atoms with E-state index in [1.807, 2.05) is 314 Å². The number of ketones is 1. The number of Topliss-reactive ketones (excluding diaryl/α,β-unsaturated/α-hetero) is 1. The highest BCUT2D eigenvalue weighted by Crippen LogP contribution is 2.41. The van der Waals surface area contributed by atoms with Crippen LogP contribution in [0.2, 0.25) is 0 Å². The van der Waals surface area contributed by atoms with Crippen LogP contribution in [0.3, 0.4) is 0 Å². The van der Waals surface area contributed by atoms with Crippen LogP contribution in [0.1, 0.15) is 399 Å². The predicted octanol–water partition coefficient (Wildman–Crippen LogP) is 21.0. The van der Waals surface area contributed by atoms with Crippen LogP contribution in [0.5, 0.6) is 0 Å². The molecule has 2 aliphatic rings. The number of nitrogens with zero attached hydrogens (tertiary/aromatic N) is 3. The highest BCUT2D eigenvalue weighted by atomic mass is 32.2. The van der Waals surface area contributed by atoms with E-state index >= 15 is 0 Å². The highest BCUT2D eigenvalue weighted by molar-refractivity contribution is 8.03. The number of likely N-dealkylation sites (tertiary alicyclic amines) is 2. The number of hydrogen-bond acceptors (Lipinski definition) is 20. The summed E-state index contributed by atoms with van der Waals surface area (Å²) in [5, 5.41) is 44.2. The number of carbonyl (C=O) groups excluding carboxylic acids is 10. The lowest BCUT2D eigenvalue weighted by Crippen LogP contribution is -2.47. The lowest BCUT2D eigenvalue weighted by Gasteiger charge is -2.32.